The van der Waals surface area contributed by atoms with Gasteiger partial charge in [-0.2, -0.15) is 0 Å². The van der Waals surface area contributed by atoms with Crippen LogP contribution in [0.2, 0.25) is 0 Å². The lowest BCUT2D eigenvalue weighted by molar-refractivity contribution is 0.102. The van der Waals surface area contributed by atoms with Gasteiger partial charge in [0.05, 0.1) is 11.1 Å². The third kappa shape index (κ3) is 3.85. The van der Waals surface area contributed by atoms with Crippen molar-refractivity contribution >= 4 is 39.6 Å². The maximum atomic E-state index is 12.8. The molecule has 1 aliphatic rings. The van der Waals surface area contributed by atoms with Crippen molar-refractivity contribution in [3.8, 4) is 0 Å². The summed E-state index contributed by atoms with van der Waals surface area (Å²) in [6, 6.07) is 13.5. The lowest BCUT2D eigenvalue weighted by atomic mass is 9.89. The maximum absolute atomic E-state index is 12.8. The number of nitrogens with one attached hydrogen (secondary N) is 1. The Morgan fingerprint density at radius 1 is 1.28 bits per heavy atom. The predicted octanol–water partition coefficient (Wildman–Crippen LogP) is 3.93. The predicted molar refractivity (Wildman–Crippen MR) is 118 cm³/mol. The smallest absolute Gasteiger partial charge is 0.255 e. The van der Waals surface area contributed by atoms with Gasteiger partial charge in [-0.15, -0.1) is 5.10 Å². The van der Waals surface area contributed by atoms with Crippen molar-refractivity contribution in [3.05, 3.63) is 53.6 Å². The van der Waals surface area contributed by atoms with Gasteiger partial charge in [-0.05, 0) is 63.1 Å². The minimum absolute atomic E-state index is 0.185. The number of benzene rings is 2. The van der Waals surface area contributed by atoms with E-state index < -0.39 is 0 Å². The largest absolute Gasteiger partial charge is 0.379 e. The lowest BCUT2D eigenvalue weighted by Gasteiger charge is -2.30. The van der Waals surface area contributed by atoms with Gasteiger partial charge in [0.1, 0.15) is 5.52 Å². The van der Waals surface area contributed by atoms with Gasteiger partial charge < -0.3 is 11.1 Å². The molecular formula is C21H24N6OS. The van der Waals surface area contributed by atoms with E-state index in [2.05, 4.69) is 27.5 Å². The summed E-state index contributed by atoms with van der Waals surface area (Å²) >= 11 is 1.58. The number of amidine groups is 1. The molecule has 1 atom stereocenters. The van der Waals surface area contributed by atoms with Crippen LogP contribution in [0.25, 0.3) is 11.0 Å². The molecule has 150 valence electrons. The Bertz CT molecular complexity index is 1110. The van der Waals surface area contributed by atoms with Crippen molar-refractivity contribution in [2.75, 3.05) is 11.1 Å². The van der Waals surface area contributed by atoms with Crippen molar-refractivity contribution in [1.29, 1.82) is 0 Å². The standard InChI is InChI=1S/C21H24N6OS/c1-13(2)27-18-8-7-14(11-17(18)25-26-27)19(28)23-16-6-4-5-15(12-16)21(3)9-10-29-20(22)24-21/h4-8,11-13H,9-10H2,1-3H3,(H2,22,24)(H,23,28). The van der Waals surface area contributed by atoms with E-state index in [9.17, 15) is 4.79 Å². The van der Waals surface area contributed by atoms with E-state index >= 15 is 0 Å². The van der Waals surface area contributed by atoms with E-state index in [1.54, 1.807) is 23.9 Å². The number of anilines is 1. The molecule has 0 radical (unpaired) electrons. The fourth-order valence-corrected chi connectivity index (χ4v) is 4.47. The highest BCUT2D eigenvalue weighted by atomic mass is 32.2. The summed E-state index contributed by atoms with van der Waals surface area (Å²) in [5.74, 6) is 0.745. The number of nitrogens with zero attached hydrogens (tertiary/aromatic N) is 4. The first-order chi connectivity index (χ1) is 13.9. The molecule has 0 saturated heterocycles. The summed E-state index contributed by atoms with van der Waals surface area (Å²) in [6.45, 7) is 6.17. The number of aromatic nitrogens is 3. The molecule has 1 aliphatic heterocycles. The van der Waals surface area contributed by atoms with E-state index in [1.807, 2.05) is 48.9 Å². The van der Waals surface area contributed by atoms with Gasteiger partial charge in [0, 0.05) is 23.0 Å². The molecule has 0 fully saturated rings. The van der Waals surface area contributed by atoms with Crippen LogP contribution in [0.15, 0.2) is 47.5 Å². The number of hydrogen-bond acceptors (Lipinski definition) is 6. The van der Waals surface area contributed by atoms with Crippen molar-refractivity contribution < 1.29 is 4.79 Å². The summed E-state index contributed by atoms with van der Waals surface area (Å²) in [5.41, 5.74) is 9.49. The first kappa shape index (κ1) is 19.4. The van der Waals surface area contributed by atoms with Crippen LogP contribution in [-0.4, -0.2) is 31.8 Å². The van der Waals surface area contributed by atoms with Gasteiger partial charge in [0.25, 0.3) is 5.91 Å². The Kier molecular flexibility index (Phi) is 5.04. The van der Waals surface area contributed by atoms with Crippen molar-refractivity contribution in [2.45, 2.75) is 38.8 Å². The van der Waals surface area contributed by atoms with Gasteiger partial charge in [-0.3, -0.25) is 9.79 Å². The summed E-state index contributed by atoms with van der Waals surface area (Å²) < 4.78 is 1.84. The molecule has 2 heterocycles. The highest BCUT2D eigenvalue weighted by Crippen LogP contribution is 2.35. The van der Waals surface area contributed by atoms with Gasteiger partial charge in [0.2, 0.25) is 0 Å². The summed E-state index contributed by atoms with van der Waals surface area (Å²) in [4.78, 5) is 17.4. The monoisotopic (exact) mass is 408 g/mol. The van der Waals surface area contributed by atoms with Crippen LogP contribution < -0.4 is 11.1 Å². The Morgan fingerprint density at radius 2 is 2.10 bits per heavy atom. The van der Waals surface area contributed by atoms with Crippen molar-refractivity contribution in [3.63, 3.8) is 0 Å². The number of aliphatic imine (C=N–C) groups is 1. The molecule has 3 N–H and O–H groups in total. The number of carbonyl (C=O) groups is 1. The fourth-order valence-electron chi connectivity index (χ4n) is 3.49. The average molecular weight is 409 g/mol. The number of hydrogen-bond donors (Lipinski definition) is 2. The molecule has 0 aliphatic carbocycles. The minimum Gasteiger partial charge on any atom is -0.379 e. The van der Waals surface area contributed by atoms with Crippen LogP contribution in [-0.2, 0) is 5.54 Å². The molecule has 1 unspecified atom stereocenters. The molecule has 7 nitrogen and oxygen atoms in total. The van der Waals surface area contributed by atoms with Crippen molar-refractivity contribution in [2.24, 2.45) is 10.7 Å². The topological polar surface area (TPSA) is 98.2 Å². The lowest BCUT2D eigenvalue weighted by Crippen LogP contribution is -2.28. The number of amides is 1. The molecule has 4 rings (SSSR count). The first-order valence-electron chi connectivity index (χ1n) is 9.61. The minimum atomic E-state index is -0.371. The van der Waals surface area contributed by atoms with Crippen LogP contribution in [0.5, 0.6) is 0 Å². The van der Waals surface area contributed by atoms with E-state index in [-0.39, 0.29) is 17.5 Å². The van der Waals surface area contributed by atoms with Gasteiger partial charge in [0.15, 0.2) is 5.17 Å². The number of fused-ring (bicyclic) bond motifs is 1. The van der Waals surface area contributed by atoms with Crippen LogP contribution in [0.4, 0.5) is 5.69 Å². The zero-order chi connectivity index (χ0) is 20.6. The molecule has 3 aromatic rings. The second kappa shape index (κ2) is 7.51. The molecular weight excluding hydrogens is 384 g/mol. The second-order valence-electron chi connectivity index (χ2n) is 7.69. The number of nitrogens with two attached hydrogens (primary N) is 1. The van der Waals surface area contributed by atoms with Crippen LogP contribution in [0.3, 0.4) is 0 Å². The second-order valence-corrected chi connectivity index (χ2v) is 8.80. The normalized spacial score (nSPS) is 19.4. The van der Waals surface area contributed by atoms with Gasteiger partial charge in [-0.25, -0.2) is 4.68 Å². The maximum Gasteiger partial charge on any atom is 0.255 e. The molecule has 0 saturated carbocycles. The summed E-state index contributed by atoms with van der Waals surface area (Å²) in [6.07, 6.45) is 0.901. The number of thioether (sulfide) groups is 1. The third-order valence-corrected chi connectivity index (χ3v) is 5.96. The molecule has 0 bridgehead atoms. The fraction of sp³-hybridized carbons (Fsp3) is 0.333. The Hall–Kier alpha value is -2.87. The van der Waals surface area contributed by atoms with E-state index in [0.717, 1.165) is 28.9 Å². The van der Waals surface area contributed by atoms with Crippen LogP contribution in [0.1, 0.15) is 49.2 Å². The Balaban J connectivity index is 1.57. The molecule has 0 spiro atoms. The Morgan fingerprint density at radius 3 is 2.86 bits per heavy atom. The van der Waals surface area contributed by atoms with Crippen LogP contribution in [0, 0.1) is 0 Å². The zero-order valence-corrected chi connectivity index (χ0v) is 17.5. The van der Waals surface area contributed by atoms with E-state index in [4.69, 9.17) is 5.73 Å². The number of rotatable bonds is 4. The van der Waals surface area contributed by atoms with Crippen LogP contribution >= 0.6 is 11.8 Å². The molecule has 29 heavy (non-hydrogen) atoms. The highest BCUT2D eigenvalue weighted by molar-refractivity contribution is 8.13. The molecule has 8 heteroatoms. The zero-order valence-electron chi connectivity index (χ0n) is 16.7. The SMILES string of the molecule is CC(C)n1nnc2cc(C(=O)Nc3cccc(C4(C)CCSC(N)=N4)c3)ccc21. The number of carbonyl (C=O) groups excluding carboxylic acids is 1. The molecule has 2 aromatic carbocycles. The van der Waals surface area contributed by atoms with Gasteiger partial charge >= 0.3 is 0 Å². The van der Waals surface area contributed by atoms with E-state index in [1.165, 1.54) is 0 Å². The third-order valence-electron chi connectivity index (χ3n) is 5.16. The van der Waals surface area contributed by atoms with Crippen molar-refractivity contribution in [1.82, 2.24) is 15.0 Å². The quantitative estimate of drug-likeness (QED) is 0.681. The highest BCUT2D eigenvalue weighted by Gasteiger charge is 2.29. The average Bonchev–Trinajstić information content (AvgIpc) is 3.11. The molecule has 1 aromatic heterocycles. The summed E-state index contributed by atoms with van der Waals surface area (Å²) in [5, 5.41) is 11.9. The Labute approximate surface area is 173 Å². The van der Waals surface area contributed by atoms with E-state index in [0.29, 0.717) is 16.2 Å². The summed E-state index contributed by atoms with van der Waals surface area (Å²) in [7, 11) is 0. The molecule has 1 amide bonds. The van der Waals surface area contributed by atoms with Gasteiger partial charge in [-0.1, -0.05) is 29.1 Å². The first-order valence-corrected chi connectivity index (χ1v) is 10.6.